The van der Waals surface area contributed by atoms with Crippen LogP contribution in [0.15, 0.2) is 24.3 Å². The highest BCUT2D eigenvalue weighted by molar-refractivity contribution is 7.86. The van der Waals surface area contributed by atoms with Crippen molar-refractivity contribution in [1.29, 1.82) is 0 Å². The Kier molecular flexibility index (Phi) is 6.57. The van der Waals surface area contributed by atoms with Crippen LogP contribution in [0.3, 0.4) is 0 Å². The Labute approximate surface area is 153 Å². The molecule has 1 aromatic carbocycles. The number of hydrogen-bond donors (Lipinski definition) is 0. The molecule has 0 atom stereocenters. The molecule has 0 bridgehead atoms. The van der Waals surface area contributed by atoms with Crippen LogP contribution in [0, 0.1) is 0 Å². The molecular weight excluding hydrogens is 362 g/mol. The summed E-state index contributed by atoms with van der Waals surface area (Å²) in [6.07, 6.45) is -0.801. The first kappa shape index (κ1) is 20.1. The van der Waals surface area contributed by atoms with Gasteiger partial charge in [0.2, 0.25) is 0 Å². The quantitative estimate of drug-likeness (QED) is 0.549. The van der Waals surface area contributed by atoms with E-state index < -0.39 is 16.4 Å². The van der Waals surface area contributed by atoms with Crippen molar-refractivity contribution < 1.29 is 27.5 Å². The second-order valence-electron chi connectivity index (χ2n) is 5.79. The summed E-state index contributed by atoms with van der Waals surface area (Å²) in [4.78, 5) is 25.4. The van der Waals surface area contributed by atoms with Gasteiger partial charge < -0.3 is 14.4 Å². The second kappa shape index (κ2) is 8.47. The summed E-state index contributed by atoms with van der Waals surface area (Å²) in [5.41, 5.74) is 0.435. The van der Waals surface area contributed by atoms with Gasteiger partial charge in [0.05, 0.1) is 6.61 Å². The summed E-state index contributed by atoms with van der Waals surface area (Å²) < 4.78 is 36.3. The summed E-state index contributed by atoms with van der Waals surface area (Å²) in [6, 6.07) is 6.13. The van der Waals surface area contributed by atoms with Gasteiger partial charge in [0.1, 0.15) is 5.75 Å². The third-order valence-electron chi connectivity index (χ3n) is 3.88. The van der Waals surface area contributed by atoms with E-state index in [1.165, 1.54) is 30.5 Å². The van der Waals surface area contributed by atoms with Crippen molar-refractivity contribution in [3.8, 4) is 5.75 Å². The van der Waals surface area contributed by atoms with Gasteiger partial charge in [-0.05, 0) is 31.2 Å². The molecule has 1 saturated heterocycles. The van der Waals surface area contributed by atoms with Crippen LogP contribution in [0.1, 0.15) is 17.3 Å². The predicted molar refractivity (Wildman–Crippen MR) is 94.2 cm³/mol. The molecule has 0 radical (unpaired) electrons. The van der Waals surface area contributed by atoms with Crippen molar-refractivity contribution in [3.63, 3.8) is 0 Å². The fourth-order valence-corrected chi connectivity index (χ4v) is 3.53. The Morgan fingerprint density at radius 2 is 1.65 bits per heavy atom. The van der Waals surface area contributed by atoms with E-state index in [0.29, 0.717) is 18.7 Å². The van der Waals surface area contributed by atoms with Crippen molar-refractivity contribution in [2.45, 2.75) is 6.92 Å². The maximum Gasteiger partial charge on any atom is 0.513 e. The molecule has 144 valence electrons. The van der Waals surface area contributed by atoms with Crippen LogP contribution >= 0.6 is 0 Å². The molecule has 2 rings (SSSR count). The Hall–Kier alpha value is -2.17. The highest BCUT2D eigenvalue weighted by Gasteiger charge is 2.30. The van der Waals surface area contributed by atoms with Gasteiger partial charge >= 0.3 is 6.16 Å². The first-order valence-electron chi connectivity index (χ1n) is 8.17. The Morgan fingerprint density at radius 1 is 1.08 bits per heavy atom. The highest BCUT2D eigenvalue weighted by atomic mass is 32.2. The molecule has 26 heavy (non-hydrogen) atoms. The van der Waals surface area contributed by atoms with Gasteiger partial charge in [-0.3, -0.25) is 4.79 Å². The lowest BCUT2D eigenvalue weighted by molar-refractivity contribution is 0.0695. The fourth-order valence-electron chi connectivity index (χ4n) is 2.44. The zero-order chi connectivity index (χ0) is 19.3. The lowest BCUT2D eigenvalue weighted by Crippen LogP contribution is -2.53. The minimum absolute atomic E-state index is 0.199. The monoisotopic (exact) mass is 385 g/mol. The van der Waals surface area contributed by atoms with Gasteiger partial charge in [0, 0.05) is 45.8 Å². The van der Waals surface area contributed by atoms with E-state index in [2.05, 4.69) is 4.74 Å². The zero-order valence-electron chi connectivity index (χ0n) is 15.0. The Morgan fingerprint density at radius 3 is 2.15 bits per heavy atom. The molecule has 0 aliphatic carbocycles. The molecule has 1 amide bonds. The Balaban J connectivity index is 1.95. The number of ether oxygens (including phenoxy) is 2. The molecule has 0 N–H and O–H groups in total. The summed E-state index contributed by atoms with van der Waals surface area (Å²) >= 11 is 0. The Bertz CT molecular complexity index is 740. The molecule has 1 aliphatic heterocycles. The third-order valence-corrected chi connectivity index (χ3v) is 5.82. The average molecular weight is 385 g/mol. The van der Waals surface area contributed by atoms with E-state index >= 15 is 0 Å². The van der Waals surface area contributed by atoms with E-state index in [9.17, 15) is 18.0 Å². The third kappa shape index (κ3) is 4.71. The lowest BCUT2D eigenvalue weighted by Gasteiger charge is -2.35. The van der Waals surface area contributed by atoms with E-state index in [0.717, 1.165) is 4.31 Å². The minimum Gasteiger partial charge on any atom is -0.434 e. The second-order valence-corrected chi connectivity index (χ2v) is 7.93. The lowest BCUT2D eigenvalue weighted by atomic mass is 10.2. The molecule has 0 spiro atoms. The van der Waals surface area contributed by atoms with Gasteiger partial charge in [0.15, 0.2) is 0 Å². The molecular formula is C16H23N3O6S. The zero-order valence-corrected chi connectivity index (χ0v) is 15.9. The minimum atomic E-state index is -3.47. The number of carbonyl (C=O) groups is 2. The first-order valence-corrected chi connectivity index (χ1v) is 9.57. The fraction of sp³-hybridized carbons (Fsp3) is 0.500. The number of piperazine rings is 1. The van der Waals surface area contributed by atoms with E-state index in [4.69, 9.17) is 4.74 Å². The number of benzene rings is 1. The number of nitrogens with zero attached hydrogens (tertiary/aromatic N) is 3. The number of rotatable bonds is 5. The van der Waals surface area contributed by atoms with Gasteiger partial charge in [0.25, 0.3) is 16.1 Å². The molecule has 0 unspecified atom stereocenters. The number of hydrogen-bond acceptors (Lipinski definition) is 6. The van der Waals surface area contributed by atoms with Crippen LogP contribution in [-0.4, -0.2) is 80.9 Å². The van der Waals surface area contributed by atoms with Crippen molar-refractivity contribution >= 4 is 22.3 Å². The van der Waals surface area contributed by atoms with Gasteiger partial charge in [-0.2, -0.15) is 17.0 Å². The average Bonchev–Trinajstić information content (AvgIpc) is 2.62. The summed E-state index contributed by atoms with van der Waals surface area (Å²) in [6.45, 7) is 3.00. The smallest absolute Gasteiger partial charge is 0.434 e. The van der Waals surface area contributed by atoms with E-state index in [1.807, 2.05) is 0 Å². The molecule has 1 fully saturated rings. The molecule has 1 aromatic rings. The molecule has 10 heteroatoms. The maximum absolute atomic E-state index is 12.5. The van der Waals surface area contributed by atoms with Gasteiger partial charge in [-0.15, -0.1) is 0 Å². The normalized spacial score (nSPS) is 15.8. The van der Waals surface area contributed by atoms with Crippen LogP contribution in [0.25, 0.3) is 0 Å². The van der Waals surface area contributed by atoms with Crippen LogP contribution in [0.5, 0.6) is 5.75 Å². The SMILES string of the molecule is CCOC(=O)Oc1ccc(C(=O)N2CCN(S(=O)(=O)N(C)C)CC2)cc1. The molecule has 1 aliphatic rings. The van der Waals surface area contributed by atoms with Crippen LogP contribution in [0.2, 0.25) is 0 Å². The highest BCUT2D eigenvalue weighted by Crippen LogP contribution is 2.16. The van der Waals surface area contributed by atoms with Gasteiger partial charge in [-0.25, -0.2) is 4.79 Å². The standard InChI is InChI=1S/C16H23N3O6S/c1-4-24-16(21)25-14-7-5-13(6-8-14)15(20)18-9-11-19(12-10-18)26(22,23)17(2)3/h5-8H,4,9-12H2,1-3H3. The van der Waals surface area contributed by atoms with Crippen LogP contribution in [-0.2, 0) is 14.9 Å². The summed E-state index contributed by atoms with van der Waals surface area (Å²) in [5, 5.41) is 0. The molecule has 1 heterocycles. The first-order chi connectivity index (χ1) is 12.3. The predicted octanol–water partition coefficient (Wildman–Crippen LogP) is 0.786. The number of carbonyl (C=O) groups excluding carboxylic acids is 2. The summed E-state index contributed by atoms with van der Waals surface area (Å²) in [7, 11) is -0.509. The topological polar surface area (TPSA) is 96.5 Å². The van der Waals surface area contributed by atoms with Crippen molar-refractivity contribution in [2.24, 2.45) is 0 Å². The van der Waals surface area contributed by atoms with Gasteiger partial charge in [-0.1, -0.05) is 0 Å². The van der Waals surface area contributed by atoms with E-state index in [-0.39, 0.29) is 31.4 Å². The van der Waals surface area contributed by atoms with E-state index in [1.54, 1.807) is 24.0 Å². The van der Waals surface area contributed by atoms with Crippen molar-refractivity contribution in [3.05, 3.63) is 29.8 Å². The van der Waals surface area contributed by atoms with Crippen LogP contribution in [0.4, 0.5) is 4.79 Å². The maximum atomic E-state index is 12.5. The molecule has 0 aromatic heterocycles. The summed E-state index contributed by atoms with van der Waals surface area (Å²) in [5.74, 6) is 0.0801. The largest absolute Gasteiger partial charge is 0.513 e. The molecule has 0 saturated carbocycles. The van der Waals surface area contributed by atoms with Crippen LogP contribution < -0.4 is 4.74 Å². The number of amides is 1. The van der Waals surface area contributed by atoms with Crippen molar-refractivity contribution in [1.82, 2.24) is 13.5 Å². The van der Waals surface area contributed by atoms with Crippen molar-refractivity contribution in [2.75, 3.05) is 46.9 Å². The molecule has 9 nitrogen and oxygen atoms in total.